The van der Waals surface area contributed by atoms with E-state index in [1.165, 1.54) is 29.2 Å². The summed E-state index contributed by atoms with van der Waals surface area (Å²) in [6.07, 6.45) is 0.0427. The molecule has 0 aliphatic carbocycles. The highest BCUT2D eigenvalue weighted by Gasteiger charge is 2.35. The zero-order chi connectivity index (χ0) is 21.5. The van der Waals surface area contributed by atoms with Crippen LogP contribution in [0.25, 0.3) is 0 Å². The number of hydrogen-bond acceptors (Lipinski definition) is 5. The number of benzene rings is 2. The molecule has 2 N–H and O–H groups in total. The SMILES string of the molecule is CCOc1ccc(N2C[C@@H](C(=O)NNC(=O)COc3ccc(F)cc3)CC2=O)cc1. The van der Waals surface area contributed by atoms with E-state index in [0.717, 1.165) is 0 Å². The molecule has 0 bridgehead atoms. The van der Waals surface area contributed by atoms with Crippen molar-refractivity contribution in [2.75, 3.05) is 24.7 Å². The predicted molar refractivity (Wildman–Crippen MR) is 106 cm³/mol. The molecule has 1 aliphatic rings. The summed E-state index contributed by atoms with van der Waals surface area (Å²) in [6.45, 7) is 2.29. The minimum absolute atomic E-state index is 0.0427. The van der Waals surface area contributed by atoms with E-state index in [9.17, 15) is 18.8 Å². The van der Waals surface area contributed by atoms with Crippen LogP contribution in [-0.2, 0) is 14.4 Å². The van der Waals surface area contributed by atoms with Crippen molar-refractivity contribution < 1.29 is 28.2 Å². The fraction of sp³-hybridized carbons (Fsp3) is 0.286. The third kappa shape index (κ3) is 5.47. The Bertz CT molecular complexity index is 902. The number of halogens is 1. The van der Waals surface area contributed by atoms with Gasteiger partial charge in [-0.05, 0) is 55.5 Å². The highest BCUT2D eigenvalue weighted by atomic mass is 19.1. The quantitative estimate of drug-likeness (QED) is 0.673. The Morgan fingerprint density at radius 1 is 1.03 bits per heavy atom. The van der Waals surface area contributed by atoms with Gasteiger partial charge in [-0.2, -0.15) is 0 Å². The molecule has 0 aromatic heterocycles. The minimum Gasteiger partial charge on any atom is -0.494 e. The van der Waals surface area contributed by atoms with Gasteiger partial charge in [0.1, 0.15) is 17.3 Å². The van der Waals surface area contributed by atoms with Crippen molar-refractivity contribution >= 4 is 23.4 Å². The summed E-state index contributed by atoms with van der Waals surface area (Å²) in [5.41, 5.74) is 5.24. The molecule has 3 rings (SSSR count). The molecule has 0 radical (unpaired) electrons. The van der Waals surface area contributed by atoms with Crippen molar-refractivity contribution in [1.29, 1.82) is 0 Å². The van der Waals surface area contributed by atoms with E-state index in [1.807, 2.05) is 6.92 Å². The van der Waals surface area contributed by atoms with Gasteiger partial charge >= 0.3 is 0 Å². The number of carbonyl (C=O) groups excluding carboxylic acids is 3. The van der Waals surface area contributed by atoms with Crippen molar-refractivity contribution in [3.8, 4) is 11.5 Å². The van der Waals surface area contributed by atoms with E-state index in [0.29, 0.717) is 23.8 Å². The Morgan fingerprint density at radius 2 is 1.67 bits per heavy atom. The molecule has 8 nitrogen and oxygen atoms in total. The van der Waals surface area contributed by atoms with Gasteiger partial charge in [0.25, 0.3) is 5.91 Å². The molecule has 0 saturated carbocycles. The Labute approximate surface area is 172 Å². The van der Waals surface area contributed by atoms with Gasteiger partial charge in [0.2, 0.25) is 11.8 Å². The zero-order valence-corrected chi connectivity index (χ0v) is 16.4. The minimum atomic E-state index is -0.595. The third-order valence-electron chi connectivity index (χ3n) is 4.46. The lowest BCUT2D eigenvalue weighted by atomic mass is 10.1. The maximum atomic E-state index is 12.8. The summed E-state index contributed by atoms with van der Waals surface area (Å²) in [7, 11) is 0. The van der Waals surface area contributed by atoms with Gasteiger partial charge in [-0.25, -0.2) is 4.39 Å². The Morgan fingerprint density at radius 3 is 2.33 bits per heavy atom. The van der Waals surface area contributed by atoms with E-state index < -0.39 is 23.5 Å². The van der Waals surface area contributed by atoms with Crippen LogP contribution in [0, 0.1) is 11.7 Å². The average molecular weight is 415 g/mol. The second kappa shape index (κ2) is 9.73. The van der Waals surface area contributed by atoms with Gasteiger partial charge in [-0.3, -0.25) is 25.2 Å². The maximum absolute atomic E-state index is 12.8. The fourth-order valence-electron chi connectivity index (χ4n) is 2.97. The van der Waals surface area contributed by atoms with Crippen LogP contribution in [0.1, 0.15) is 13.3 Å². The van der Waals surface area contributed by atoms with Crippen LogP contribution >= 0.6 is 0 Å². The van der Waals surface area contributed by atoms with Gasteiger partial charge in [0.15, 0.2) is 6.61 Å². The van der Waals surface area contributed by atoms with Crippen molar-refractivity contribution in [2.24, 2.45) is 5.92 Å². The maximum Gasteiger partial charge on any atom is 0.276 e. The number of ether oxygens (including phenoxy) is 2. The van der Waals surface area contributed by atoms with Gasteiger partial charge in [-0.1, -0.05) is 0 Å². The Kier molecular flexibility index (Phi) is 6.84. The summed E-state index contributed by atoms with van der Waals surface area (Å²) < 4.78 is 23.4. The summed E-state index contributed by atoms with van der Waals surface area (Å²) in [4.78, 5) is 38.0. The average Bonchev–Trinajstić information content (AvgIpc) is 3.14. The number of hydrazine groups is 1. The standard InChI is InChI=1S/C21H22FN3O5/c1-2-29-17-9-5-16(6-10-17)25-12-14(11-20(25)27)21(28)24-23-19(26)13-30-18-7-3-15(22)4-8-18/h3-10,14H,2,11-13H2,1H3,(H,23,26)(H,24,28)/t14-/m0/s1. The molecule has 0 unspecified atom stereocenters. The molecule has 2 aromatic carbocycles. The molecule has 1 saturated heterocycles. The number of rotatable bonds is 7. The van der Waals surface area contributed by atoms with Crippen molar-refractivity contribution in [2.45, 2.75) is 13.3 Å². The lowest BCUT2D eigenvalue weighted by molar-refractivity contribution is -0.132. The second-order valence-corrected chi connectivity index (χ2v) is 6.61. The monoisotopic (exact) mass is 415 g/mol. The molecule has 0 spiro atoms. The molecule has 1 aliphatic heterocycles. The highest BCUT2D eigenvalue weighted by Crippen LogP contribution is 2.26. The van der Waals surface area contributed by atoms with Crippen LogP contribution in [0.5, 0.6) is 11.5 Å². The van der Waals surface area contributed by atoms with E-state index in [-0.39, 0.29) is 25.5 Å². The lowest BCUT2D eigenvalue weighted by Crippen LogP contribution is -2.46. The zero-order valence-electron chi connectivity index (χ0n) is 16.4. The highest BCUT2D eigenvalue weighted by molar-refractivity contribution is 6.00. The second-order valence-electron chi connectivity index (χ2n) is 6.61. The summed E-state index contributed by atoms with van der Waals surface area (Å²) in [6, 6.07) is 12.3. The summed E-state index contributed by atoms with van der Waals surface area (Å²) in [5, 5.41) is 0. The molecular weight excluding hydrogens is 393 g/mol. The molecule has 30 heavy (non-hydrogen) atoms. The van der Waals surface area contributed by atoms with Crippen LogP contribution in [0.2, 0.25) is 0 Å². The van der Waals surface area contributed by atoms with Crippen LogP contribution < -0.4 is 25.2 Å². The molecule has 9 heteroatoms. The number of anilines is 1. The van der Waals surface area contributed by atoms with Crippen LogP contribution in [-0.4, -0.2) is 37.5 Å². The van der Waals surface area contributed by atoms with E-state index >= 15 is 0 Å². The van der Waals surface area contributed by atoms with Crippen LogP contribution in [0.15, 0.2) is 48.5 Å². The smallest absolute Gasteiger partial charge is 0.276 e. The molecule has 1 atom stereocenters. The van der Waals surface area contributed by atoms with Crippen molar-refractivity contribution in [1.82, 2.24) is 10.9 Å². The van der Waals surface area contributed by atoms with Gasteiger partial charge in [0.05, 0.1) is 12.5 Å². The number of amides is 3. The first-order chi connectivity index (χ1) is 14.5. The van der Waals surface area contributed by atoms with Gasteiger partial charge < -0.3 is 14.4 Å². The van der Waals surface area contributed by atoms with Gasteiger partial charge in [0, 0.05) is 18.7 Å². The molecule has 3 amide bonds. The summed E-state index contributed by atoms with van der Waals surface area (Å²) in [5.74, 6) is -1.21. The molecular formula is C21H22FN3O5. The third-order valence-corrected chi connectivity index (χ3v) is 4.46. The van der Waals surface area contributed by atoms with E-state index in [1.54, 1.807) is 24.3 Å². The molecule has 1 heterocycles. The number of nitrogens with zero attached hydrogens (tertiary/aromatic N) is 1. The first-order valence-corrected chi connectivity index (χ1v) is 9.46. The van der Waals surface area contributed by atoms with Crippen LogP contribution in [0.3, 0.4) is 0 Å². The Hall–Kier alpha value is -3.62. The number of nitrogens with one attached hydrogen (secondary N) is 2. The molecule has 158 valence electrons. The Balaban J connectivity index is 1.45. The first-order valence-electron chi connectivity index (χ1n) is 9.46. The van der Waals surface area contributed by atoms with E-state index in [4.69, 9.17) is 9.47 Å². The van der Waals surface area contributed by atoms with Gasteiger partial charge in [-0.15, -0.1) is 0 Å². The summed E-state index contributed by atoms with van der Waals surface area (Å²) >= 11 is 0. The first kappa shape index (κ1) is 21.1. The normalized spacial score (nSPS) is 15.6. The largest absolute Gasteiger partial charge is 0.494 e. The van der Waals surface area contributed by atoms with Crippen molar-refractivity contribution in [3.63, 3.8) is 0 Å². The van der Waals surface area contributed by atoms with Crippen LogP contribution in [0.4, 0.5) is 10.1 Å². The number of carbonyl (C=O) groups is 3. The molecule has 2 aromatic rings. The molecule has 1 fully saturated rings. The topological polar surface area (TPSA) is 97.0 Å². The van der Waals surface area contributed by atoms with Crippen molar-refractivity contribution in [3.05, 3.63) is 54.3 Å². The lowest BCUT2D eigenvalue weighted by Gasteiger charge is -2.17. The fourth-order valence-corrected chi connectivity index (χ4v) is 2.97. The van der Waals surface area contributed by atoms with E-state index in [2.05, 4.69) is 10.9 Å². The predicted octanol–water partition coefficient (Wildman–Crippen LogP) is 1.80. The number of hydrogen-bond donors (Lipinski definition) is 2.